The maximum atomic E-state index is 11.6. The van der Waals surface area contributed by atoms with Crippen LogP contribution in [0.5, 0.6) is 0 Å². The van der Waals surface area contributed by atoms with Gasteiger partial charge in [0, 0.05) is 0 Å². The standard InChI is InChI=1S/C15H21NO4/c1-15(2,3)20-11-13(9-17)16-14(18)19-10-12-7-5-4-6-8-12/h4-9,13H,10-11H2,1-3H3,(H,16,18)/t13-/m1/s1. The molecule has 0 aliphatic rings. The first kappa shape index (κ1) is 16.2. The molecule has 0 heterocycles. The maximum Gasteiger partial charge on any atom is 0.408 e. The van der Waals surface area contributed by atoms with Gasteiger partial charge in [-0.05, 0) is 26.3 Å². The third-order valence-corrected chi connectivity index (χ3v) is 2.38. The highest BCUT2D eigenvalue weighted by Crippen LogP contribution is 2.07. The summed E-state index contributed by atoms with van der Waals surface area (Å²) in [5, 5.41) is 2.46. The first-order chi connectivity index (χ1) is 9.40. The molecule has 0 bridgehead atoms. The predicted octanol–water partition coefficient (Wildman–Crippen LogP) is 2.30. The van der Waals surface area contributed by atoms with E-state index in [4.69, 9.17) is 9.47 Å². The van der Waals surface area contributed by atoms with Crippen LogP contribution in [0.2, 0.25) is 0 Å². The van der Waals surface area contributed by atoms with Crippen molar-refractivity contribution in [3.8, 4) is 0 Å². The Morgan fingerprint density at radius 1 is 1.30 bits per heavy atom. The third kappa shape index (κ3) is 6.89. The Hall–Kier alpha value is -1.88. The number of benzene rings is 1. The van der Waals surface area contributed by atoms with Gasteiger partial charge in [-0.3, -0.25) is 0 Å². The van der Waals surface area contributed by atoms with E-state index >= 15 is 0 Å². The van der Waals surface area contributed by atoms with Crippen LogP contribution in [-0.4, -0.2) is 30.6 Å². The number of aldehydes is 1. The van der Waals surface area contributed by atoms with Crippen LogP contribution in [-0.2, 0) is 20.9 Å². The first-order valence-corrected chi connectivity index (χ1v) is 6.47. The minimum absolute atomic E-state index is 0.118. The molecule has 0 aliphatic heterocycles. The fraction of sp³-hybridized carbons (Fsp3) is 0.467. The molecule has 0 fully saturated rings. The molecule has 110 valence electrons. The lowest BCUT2D eigenvalue weighted by atomic mass is 10.2. The van der Waals surface area contributed by atoms with Gasteiger partial charge in [0.05, 0.1) is 12.2 Å². The predicted molar refractivity (Wildman–Crippen MR) is 75.3 cm³/mol. The molecule has 0 radical (unpaired) electrons. The smallest absolute Gasteiger partial charge is 0.408 e. The van der Waals surface area contributed by atoms with E-state index in [9.17, 15) is 9.59 Å². The van der Waals surface area contributed by atoms with E-state index in [0.29, 0.717) is 6.29 Å². The summed E-state index contributed by atoms with van der Waals surface area (Å²) in [5.74, 6) is 0. The molecule has 5 heteroatoms. The number of hydrogen-bond donors (Lipinski definition) is 1. The Labute approximate surface area is 119 Å². The summed E-state index contributed by atoms with van der Waals surface area (Å²) < 4.78 is 10.5. The molecule has 0 saturated heterocycles. The van der Waals surface area contributed by atoms with Gasteiger partial charge in [-0.1, -0.05) is 30.3 Å². The zero-order valence-electron chi connectivity index (χ0n) is 12.1. The highest BCUT2D eigenvalue weighted by molar-refractivity contribution is 5.73. The maximum absolute atomic E-state index is 11.6. The second-order valence-corrected chi connectivity index (χ2v) is 5.37. The number of hydrogen-bond acceptors (Lipinski definition) is 4. The van der Waals surface area contributed by atoms with Gasteiger partial charge in [0.15, 0.2) is 0 Å². The lowest BCUT2D eigenvalue weighted by Crippen LogP contribution is -2.41. The van der Waals surface area contributed by atoms with Crippen LogP contribution in [0.15, 0.2) is 30.3 Å². The Bertz CT molecular complexity index is 425. The number of ether oxygens (including phenoxy) is 2. The van der Waals surface area contributed by atoms with Gasteiger partial charge in [-0.25, -0.2) is 4.79 Å². The van der Waals surface area contributed by atoms with Crippen molar-refractivity contribution in [3.05, 3.63) is 35.9 Å². The molecule has 1 aromatic carbocycles. The molecule has 1 aromatic rings. The molecule has 1 N–H and O–H groups in total. The van der Waals surface area contributed by atoms with Gasteiger partial charge >= 0.3 is 6.09 Å². The first-order valence-electron chi connectivity index (χ1n) is 6.47. The molecule has 1 rings (SSSR count). The molecule has 1 amide bonds. The lowest BCUT2D eigenvalue weighted by Gasteiger charge is -2.22. The summed E-state index contributed by atoms with van der Waals surface area (Å²) in [6.45, 7) is 5.92. The third-order valence-electron chi connectivity index (χ3n) is 2.38. The number of carbonyl (C=O) groups is 2. The monoisotopic (exact) mass is 279 g/mol. The topological polar surface area (TPSA) is 64.6 Å². The number of carbonyl (C=O) groups excluding carboxylic acids is 2. The minimum atomic E-state index is -0.711. The Morgan fingerprint density at radius 2 is 1.95 bits per heavy atom. The molecular weight excluding hydrogens is 258 g/mol. The normalized spacial score (nSPS) is 12.6. The summed E-state index contributed by atoms with van der Waals surface area (Å²) in [4.78, 5) is 22.4. The highest BCUT2D eigenvalue weighted by atomic mass is 16.5. The van der Waals surface area contributed by atoms with Crippen molar-refractivity contribution in [2.75, 3.05) is 6.61 Å². The second-order valence-electron chi connectivity index (χ2n) is 5.37. The van der Waals surface area contributed by atoms with Crippen molar-refractivity contribution in [2.45, 2.75) is 39.0 Å². The van der Waals surface area contributed by atoms with E-state index in [1.807, 2.05) is 51.1 Å². The van der Waals surface area contributed by atoms with Gasteiger partial charge in [0.1, 0.15) is 18.9 Å². The highest BCUT2D eigenvalue weighted by Gasteiger charge is 2.17. The van der Waals surface area contributed by atoms with Crippen molar-refractivity contribution in [3.63, 3.8) is 0 Å². The average Bonchev–Trinajstić information content (AvgIpc) is 2.41. The lowest BCUT2D eigenvalue weighted by molar-refractivity contribution is -0.112. The summed E-state index contributed by atoms with van der Waals surface area (Å²) in [5.41, 5.74) is 0.521. The van der Waals surface area contributed by atoms with Crippen molar-refractivity contribution in [1.29, 1.82) is 0 Å². The Morgan fingerprint density at radius 3 is 2.50 bits per heavy atom. The van der Waals surface area contributed by atoms with E-state index in [-0.39, 0.29) is 18.8 Å². The van der Waals surface area contributed by atoms with E-state index in [2.05, 4.69) is 5.32 Å². The van der Waals surface area contributed by atoms with Crippen molar-refractivity contribution >= 4 is 12.4 Å². The van der Waals surface area contributed by atoms with Gasteiger partial charge in [-0.2, -0.15) is 0 Å². The number of nitrogens with one attached hydrogen (secondary N) is 1. The summed E-state index contributed by atoms with van der Waals surface area (Å²) in [6.07, 6.45) is -0.00124. The summed E-state index contributed by atoms with van der Waals surface area (Å²) in [6, 6.07) is 8.61. The van der Waals surface area contributed by atoms with Gasteiger partial charge in [0.2, 0.25) is 0 Å². The van der Waals surface area contributed by atoms with Gasteiger partial charge in [-0.15, -0.1) is 0 Å². The summed E-state index contributed by atoms with van der Waals surface area (Å²) in [7, 11) is 0. The van der Waals surface area contributed by atoms with Crippen molar-refractivity contribution in [2.24, 2.45) is 0 Å². The van der Waals surface area contributed by atoms with Gasteiger partial charge < -0.3 is 19.6 Å². The molecular formula is C15H21NO4. The zero-order chi connectivity index (χ0) is 15.0. The molecule has 20 heavy (non-hydrogen) atoms. The van der Waals surface area contributed by atoms with Crippen LogP contribution in [0.4, 0.5) is 4.79 Å². The van der Waals surface area contributed by atoms with E-state index in [1.165, 1.54) is 0 Å². The number of rotatable bonds is 6. The van der Waals surface area contributed by atoms with Crippen LogP contribution in [0.1, 0.15) is 26.3 Å². The molecule has 1 atom stereocenters. The molecule has 0 spiro atoms. The van der Waals surface area contributed by atoms with Crippen LogP contribution >= 0.6 is 0 Å². The van der Waals surface area contributed by atoms with E-state index in [1.54, 1.807) is 0 Å². The molecule has 5 nitrogen and oxygen atoms in total. The largest absolute Gasteiger partial charge is 0.445 e. The van der Waals surface area contributed by atoms with Crippen LogP contribution < -0.4 is 5.32 Å². The van der Waals surface area contributed by atoms with Gasteiger partial charge in [0.25, 0.3) is 0 Å². The van der Waals surface area contributed by atoms with Crippen LogP contribution in [0.25, 0.3) is 0 Å². The van der Waals surface area contributed by atoms with Crippen molar-refractivity contribution in [1.82, 2.24) is 5.32 Å². The SMILES string of the molecule is CC(C)(C)OC[C@@H](C=O)NC(=O)OCc1ccccc1. The second kappa shape index (κ2) is 7.65. The fourth-order valence-corrected chi connectivity index (χ4v) is 1.37. The van der Waals surface area contributed by atoms with E-state index < -0.39 is 12.1 Å². The van der Waals surface area contributed by atoms with Crippen LogP contribution in [0.3, 0.4) is 0 Å². The quantitative estimate of drug-likeness (QED) is 0.811. The summed E-state index contributed by atoms with van der Waals surface area (Å²) >= 11 is 0. The molecule has 0 aliphatic carbocycles. The average molecular weight is 279 g/mol. The van der Waals surface area contributed by atoms with E-state index in [0.717, 1.165) is 5.56 Å². The number of amides is 1. The molecule has 0 saturated carbocycles. The minimum Gasteiger partial charge on any atom is -0.445 e. The fourth-order valence-electron chi connectivity index (χ4n) is 1.37. The van der Waals surface area contributed by atoms with Crippen LogP contribution in [0, 0.1) is 0 Å². The Balaban J connectivity index is 2.34. The zero-order valence-corrected chi connectivity index (χ0v) is 12.1. The number of alkyl carbamates (subject to hydrolysis) is 1. The Kier molecular flexibility index (Phi) is 6.18. The molecule has 0 unspecified atom stereocenters. The van der Waals surface area contributed by atoms with Crippen molar-refractivity contribution < 1.29 is 19.1 Å². The molecule has 0 aromatic heterocycles.